The monoisotopic (exact) mass is 214 g/mol. The molecule has 0 aromatic carbocycles. The molecule has 2 nitrogen and oxygen atoms in total. The third-order valence-electron chi connectivity index (χ3n) is 3.71. The summed E-state index contributed by atoms with van der Waals surface area (Å²) in [6.07, 6.45) is 6.46. The van der Waals surface area contributed by atoms with Crippen LogP contribution in [0.15, 0.2) is 0 Å². The van der Waals surface area contributed by atoms with Crippen LogP contribution in [0.1, 0.15) is 26.2 Å². The van der Waals surface area contributed by atoms with E-state index in [4.69, 9.17) is 0 Å². The molecule has 2 aliphatic heterocycles. The molecule has 0 saturated carbocycles. The Labute approximate surface area is 92.0 Å². The molecule has 2 rings (SSSR count). The van der Waals surface area contributed by atoms with Crippen LogP contribution < -0.4 is 0 Å². The van der Waals surface area contributed by atoms with Gasteiger partial charge >= 0.3 is 0 Å². The Morgan fingerprint density at radius 2 is 1.93 bits per heavy atom. The van der Waals surface area contributed by atoms with Crippen molar-refractivity contribution < 1.29 is 0 Å². The fraction of sp³-hybridized carbons (Fsp3) is 1.00. The van der Waals surface area contributed by atoms with Gasteiger partial charge in [-0.15, -0.1) is 11.8 Å². The normalized spacial score (nSPS) is 32.6. The zero-order valence-corrected chi connectivity index (χ0v) is 10.2. The molecular formula is C11H22N2S. The highest BCUT2D eigenvalue weighted by atomic mass is 32.2. The lowest BCUT2D eigenvalue weighted by molar-refractivity contribution is 0.230. The Morgan fingerprint density at radius 1 is 1.21 bits per heavy atom. The lowest BCUT2D eigenvalue weighted by Gasteiger charge is -2.26. The first-order valence-corrected chi connectivity index (χ1v) is 7.11. The molecule has 2 aliphatic rings. The smallest absolute Gasteiger partial charge is 0.0526 e. The Morgan fingerprint density at radius 3 is 2.57 bits per heavy atom. The molecule has 2 atom stereocenters. The van der Waals surface area contributed by atoms with Gasteiger partial charge in [0.1, 0.15) is 0 Å². The van der Waals surface area contributed by atoms with Crippen LogP contribution in [-0.4, -0.2) is 53.7 Å². The number of nitrogens with zero attached hydrogens (tertiary/aromatic N) is 2. The van der Waals surface area contributed by atoms with Crippen molar-refractivity contribution in [1.29, 1.82) is 0 Å². The van der Waals surface area contributed by atoms with Gasteiger partial charge in [-0.25, -0.2) is 0 Å². The van der Waals surface area contributed by atoms with Gasteiger partial charge in [0.2, 0.25) is 0 Å². The first kappa shape index (κ1) is 10.8. The Bertz CT molecular complexity index is 180. The second-order valence-corrected chi connectivity index (χ2v) is 5.67. The molecule has 2 heterocycles. The van der Waals surface area contributed by atoms with Crippen LogP contribution in [0, 0.1) is 0 Å². The molecule has 82 valence electrons. The molecule has 2 saturated heterocycles. The first-order valence-electron chi connectivity index (χ1n) is 5.82. The quantitative estimate of drug-likeness (QED) is 0.708. The maximum Gasteiger partial charge on any atom is 0.0526 e. The van der Waals surface area contributed by atoms with Crippen molar-refractivity contribution in [2.24, 2.45) is 0 Å². The lowest BCUT2D eigenvalue weighted by Crippen LogP contribution is -2.37. The van der Waals surface area contributed by atoms with Crippen molar-refractivity contribution in [1.82, 2.24) is 9.80 Å². The topological polar surface area (TPSA) is 6.48 Å². The average molecular weight is 214 g/mol. The van der Waals surface area contributed by atoms with Crippen LogP contribution in [0.4, 0.5) is 0 Å². The maximum absolute atomic E-state index is 2.70. The number of likely N-dealkylation sites (tertiary alicyclic amines) is 2. The van der Waals surface area contributed by atoms with E-state index in [0.29, 0.717) is 5.37 Å². The van der Waals surface area contributed by atoms with Crippen LogP contribution in [0.5, 0.6) is 0 Å². The molecule has 2 fully saturated rings. The second-order valence-electron chi connectivity index (χ2n) is 4.52. The van der Waals surface area contributed by atoms with Crippen molar-refractivity contribution in [2.75, 3.05) is 32.4 Å². The third-order valence-corrected chi connectivity index (χ3v) is 4.69. The summed E-state index contributed by atoms with van der Waals surface area (Å²) in [4.78, 5) is 5.33. The fourth-order valence-corrected chi connectivity index (χ4v) is 3.14. The highest BCUT2D eigenvalue weighted by molar-refractivity contribution is 7.99. The summed E-state index contributed by atoms with van der Waals surface area (Å²) in [5.41, 5.74) is 0. The second kappa shape index (κ2) is 4.86. The highest BCUT2D eigenvalue weighted by Crippen LogP contribution is 2.24. The molecule has 0 aliphatic carbocycles. The van der Waals surface area contributed by atoms with Crippen LogP contribution in [0.3, 0.4) is 0 Å². The van der Waals surface area contributed by atoms with Gasteiger partial charge in [-0.1, -0.05) is 0 Å². The molecule has 3 heteroatoms. The number of thioether (sulfide) groups is 1. The van der Waals surface area contributed by atoms with Gasteiger partial charge in [-0.05, 0) is 45.5 Å². The lowest BCUT2D eigenvalue weighted by atomic mass is 10.2. The van der Waals surface area contributed by atoms with Crippen molar-refractivity contribution in [3.63, 3.8) is 0 Å². The van der Waals surface area contributed by atoms with Crippen molar-refractivity contribution in [2.45, 2.75) is 37.6 Å². The largest absolute Gasteiger partial charge is 0.299 e. The minimum absolute atomic E-state index is 0.711. The molecule has 0 aromatic rings. The van der Waals surface area contributed by atoms with E-state index in [1.807, 2.05) is 11.8 Å². The first-order chi connectivity index (χ1) is 6.81. The number of hydrogen-bond acceptors (Lipinski definition) is 3. The minimum Gasteiger partial charge on any atom is -0.299 e. The Hall–Kier alpha value is 0.270. The molecule has 0 amide bonds. The van der Waals surface area contributed by atoms with Gasteiger partial charge in [0.15, 0.2) is 0 Å². The van der Waals surface area contributed by atoms with E-state index in [9.17, 15) is 0 Å². The van der Waals surface area contributed by atoms with Gasteiger partial charge < -0.3 is 0 Å². The molecular weight excluding hydrogens is 192 g/mol. The summed E-state index contributed by atoms with van der Waals surface area (Å²) in [7, 11) is 0. The summed E-state index contributed by atoms with van der Waals surface area (Å²) < 4.78 is 0. The standard InChI is InChI=1S/C11H22N2S/c1-10(14-2)13-8-5-11(9-13)12-6-3-4-7-12/h10-11H,3-9H2,1-2H3/t10?,11-/m1/s1. The average Bonchev–Trinajstić information content (AvgIpc) is 2.86. The van der Waals surface area contributed by atoms with Gasteiger partial charge in [-0.2, -0.15) is 0 Å². The van der Waals surface area contributed by atoms with Crippen LogP contribution in [0.25, 0.3) is 0 Å². The Balaban J connectivity index is 1.81. The SMILES string of the molecule is CSC(C)N1CC[C@@H](N2CCCC2)C1. The molecule has 0 radical (unpaired) electrons. The van der Waals surface area contributed by atoms with Crippen molar-refractivity contribution in [3.05, 3.63) is 0 Å². The van der Waals surface area contributed by atoms with E-state index < -0.39 is 0 Å². The van der Waals surface area contributed by atoms with Gasteiger partial charge in [0.25, 0.3) is 0 Å². The number of hydrogen-bond donors (Lipinski definition) is 0. The Kier molecular flexibility index (Phi) is 3.74. The summed E-state index contributed by atoms with van der Waals surface area (Å²) in [6, 6.07) is 0.868. The molecule has 0 bridgehead atoms. The van der Waals surface area contributed by atoms with Crippen LogP contribution in [-0.2, 0) is 0 Å². The molecule has 0 N–H and O–H groups in total. The van der Waals surface area contributed by atoms with Crippen LogP contribution in [0.2, 0.25) is 0 Å². The summed E-state index contributed by atoms with van der Waals surface area (Å²) in [5, 5.41) is 0.711. The minimum atomic E-state index is 0.711. The van der Waals surface area contributed by atoms with E-state index in [-0.39, 0.29) is 0 Å². The number of rotatable bonds is 3. The zero-order valence-electron chi connectivity index (χ0n) is 9.41. The predicted molar refractivity (Wildman–Crippen MR) is 63.8 cm³/mol. The van der Waals surface area contributed by atoms with E-state index in [0.717, 1.165) is 6.04 Å². The van der Waals surface area contributed by atoms with Crippen molar-refractivity contribution in [3.8, 4) is 0 Å². The summed E-state index contributed by atoms with van der Waals surface area (Å²) in [5.74, 6) is 0. The zero-order chi connectivity index (χ0) is 9.97. The third kappa shape index (κ3) is 2.26. The molecule has 14 heavy (non-hydrogen) atoms. The van der Waals surface area contributed by atoms with Crippen LogP contribution >= 0.6 is 11.8 Å². The van der Waals surface area contributed by atoms with E-state index in [1.165, 1.54) is 45.4 Å². The van der Waals surface area contributed by atoms with E-state index in [2.05, 4.69) is 23.0 Å². The maximum atomic E-state index is 2.70. The van der Waals surface area contributed by atoms with Crippen molar-refractivity contribution >= 4 is 11.8 Å². The summed E-state index contributed by atoms with van der Waals surface area (Å²) in [6.45, 7) is 7.65. The highest BCUT2D eigenvalue weighted by Gasteiger charge is 2.30. The van der Waals surface area contributed by atoms with E-state index in [1.54, 1.807) is 0 Å². The van der Waals surface area contributed by atoms with Gasteiger partial charge in [0.05, 0.1) is 5.37 Å². The van der Waals surface area contributed by atoms with Gasteiger partial charge in [0, 0.05) is 19.1 Å². The fourth-order valence-electron chi connectivity index (χ4n) is 2.65. The summed E-state index contributed by atoms with van der Waals surface area (Å²) >= 11 is 1.97. The molecule has 1 unspecified atom stereocenters. The predicted octanol–water partition coefficient (Wildman–Crippen LogP) is 1.87. The van der Waals surface area contributed by atoms with Gasteiger partial charge in [-0.3, -0.25) is 9.80 Å². The molecule has 0 spiro atoms. The van der Waals surface area contributed by atoms with E-state index >= 15 is 0 Å². The molecule has 0 aromatic heterocycles.